The Labute approximate surface area is 98.1 Å². The molecular weight excluding hydrogens is 222 g/mol. The molecule has 0 unspecified atom stereocenters. The summed E-state index contributed by atoms with van der Waals surface area (Å²) in [6, 6.07) is 3.01. The topological polar surface area (TPSA) is 96.5 Å². The lowest BCUT2D eigenvalue weighted by molar-refractivity contribution is -0.135. The van der Waals surface area contributed by atoms with Gasteiger partial charge in [-0.25, -0.2) is 4.98 Å². The van der Waals surface area contributed by atoms with Gasteiger partial charge in [-0.15, -0.1) is 6.42 Å². The number of carboxylic acid groups (broad SMARTS) is 1. The number of aromatic nitrogens is 1. The number of rotatable bonds is 5. The average molecular weight is 233 g/mol. The van der Waals surface area contributed by atoms with Gasteiger partial charge in [0, 0.05) is 6.20 Å². The molecule has 6 heteroatoms. The first-order valence-corrected chi connectivity index (χ1v) is 4.71. The summed E-state index contributed by atoms with van der Waals surface area (Å²) in [5.74, 6) is 0.741. The predicted molar refractivity (Wildman–Crippen MR) is 61.4 cm³/mol. The second-order valence-electron chi connectivity index (χ2n) is 3.19. The van der Waals surface area contributed by atoms with Crippen LogP contribution in [0.15, 0.2) is 18.3 Å². The van der Waals surface area contributed by atoms with Gasteiger partial charge in [0.05, 0.1) is 12.1 Å². The van der Waals surface area contributed by atoms with Crippen LogP contribution < -0.4 is 10.6 Å². The lowest BCUT2D eigenvalue weighted by Crippen LogP contribution is -2.32. The number of primary amides is 1. The van der Waals surface area contributed by atoms with E-state index in [0.29, 0.717) is 0 Å². The van der Waals surface area contributed by atoms with E-state index in [1.807, 2.05) is 0 Å². The van der Waals surface area contributed by atoms with Gasteiger partial charge in [0.1, 0.15) is 12.4 Å². The van der Waals surface area contributed by atoms with Crippen LogP contribution >= 0.6 is 0 Å². The van der Waals surface area contributed by atoms with Gasteiger partial charge in [-0.1, -0.05) is 5.92 Å². The number of nitrogens with zero attached hydrogens (tertiary/aromatic N) is 2. The first kappa shape index (κ1) is 12.5. The largest absolute Gasteiger partial charge is 0.480 e. The summed E-state index contributed by atoms with van der Waals surface area (Å²) in [5.41, 5.74) is 5.32. The van der Waals surface area contributed by atoms with Crippen molar-refractivity contribution in [1.29, 1.82) is 0 Å². The number of pyridine rings is 1. The highest BCUT2D eigenvalue weighted by atomic mass is 16.4. The number of carbonyl (C=O) groups excluding carboxylic acids is 1. The normalized spacial score (nSPS) is 9.35. The first-order chi connectivity index (χ1) is 8.06. The Balaban J connectivity index is 3.13. The zero-order valence-electron chi connectivity index (χ0n) is 8.96. The molecule has 1 aromatic heterocycles. The summed E-state index contributed by atoms with van der Waals surface area (Å²) in [4.78, 5) is 27.1. The van der Waals surface area contributed by atoms with Crippen molar-refractivity contribution >= 4 is 17.7 Å². The van der Waals surface area contributed by atoms with E-state index < -0.39 is 11.9 Å². The third-order valence-corrected chi connectivity index (χ3v) is 1.96. The molecule has 3 N–H and O–H groups in total. The number of nitrogens with two attached hydrogens (primary N) is 1. The molecule has 0 saturated carbocycles. The highest BCUT2D eigenvalue weighted by Gasteiger charge is 2.17. The maximum absolute atomic E-state index is 11.2. The van der Waals surface area contributed by atoms with E-state index in [1.54, 1.807) is 6.07 Å². The van der Waals surface area contributed by atoms with Crippen molar-refractivity contribution in [3.05, 3.63) is 23.9 Å². The van der Waals surface area contributed by atoms with Crippen molar-refractivity contribution in [3.8, 4) is 12.3 Å². The molecule has 0 saturated heterocycles. The van der Waals surface area contributed by atoms with Gasteiger partial charge < -0.3 is 15.7 Å². The number of amides is 1. The fourth-order valence-corrected chi connectivity index (χ4v) is 1.32. The average Bonchev–Trinajstić information content (AvgIpc) is 2.28. The van der Waals surface area contributed by atoms with Crippen LogP contribution in [0.5, 0.6) is 0 Å². The van der Waals surface area contributed by atoms with Crippen LogP contribution in [0.25, 0.3) is 0 Å². The number of aliphatic carboxylic acids is 1. The molecule has 6 nitrogen and oxygen atoms in total. The molecule has 1 rings (SSSR count). The third-order valence-electron chi connectivity index (χ3n) is 1.96. The van der Waals surface area contributed by atoms with Gasteiger partial charge in [-0.2, -0.15) is 0 Å². The number of anilines is 1. The molecule has 1 aromatic rings. The van der Waals surface area contributed by atoms with E-state index in [1.165, 1.54) is 17.2 Å². The fraction of sp³-hybridized carbons (Fsp3) is 0.182. The Morgan fingerprint density at radius 2 is 2.29 bits per heavy atom. The van der Waals surface area contributed by atoms with E-state index in [-0.39, 0.29) is 24.5 Å². The second-order valence-corrected chi connectivity index (χ2v) is 3.19. The maximum atomic E-state index is 11.2. The Kier molecular flexibility index (Phi) is 4.06. The van der Waals surface area contributed by atoms with Crippen molar-refractivity contribution < 1.29 is 14.7 Å². The molecular formula is C11H11N3O3. The molecule has 17 heavy (non-hydrogen) atoms. The van der Waals surface area contributed by atoms with Crippen LogP contribution in [0.1, 0.15) is 10.4 Å². The van der Waals surface area contributed by atoms with Crippen LogP contribution in [-0.4, -0.2) is 35.1 Å². The van der Waals surface area contributed by atoms with Gasteiger partial charge in [0.2, 0.25) is 0 Å². The molecule has 1 amide bonds. The number of carboxylic acids is 1. The number of hydrogen-bond acceptors (Lipinski definition) is 4. The SMILES string of the molecule is C#CCN(CC(=O)O)c1ncccc1C(N)=O. The summed E-state index contributed by atoms with van der Waals surface area (Å²) < 4.78 is 0. The molecule has 0 aromatic carbocycles. The summed E-state index contributed by atoms with van der Waals surface area (Å²) in [6.45, 7) is -0.314. The second kappa shape index (κ2) is 5.51. The van der Waals surface area contributed by atoms with Crippen LogP contribution in [0.3, 0.4) is 0 Å². The molecule has 0 aliphatic heterocycles. The molecule has 0 bridgehead atoms. The molecule has 88 valence electrons. The van der Waals surface area contributed by atoms with E-state index in [4.69, 9.17) is 17.3 Å². The van der Waals surface area contributed by atoms with Crippen molar-refractivity contribution in [1.82, 2.24) is 4.98 Å². The van der Waals surface area contributed by atoms with E-state index >= 15 is 0 Å². The summed E-state index contributed by atoms with van der Waals surface area (Å²) in [6.07, 6.45) is 6.58. The molecule has 0 spiro atoms. The van der Waals surface area contributed by atoms with Gasteiger partial charge >= 0.3 is 5.97 Å². The monoisotopic (exact) mass is 233 g/mol. The fourth-order valence-electron chi connectivity index (χ4n) is 1.32. The molecule has 1 heterocycles. The standard InChI is InChI=1S/C11H11N3O3/c1-2-6-14(7-9(15)16)11-8(10(12)17)4-3-5-13-11/h1,3-5H,6-7H2,(H2,12,17)(H,15,16). The lowest BCUT2D eigenvalue weighted by atomic mass is 10.2. The summed E-state index contributed by atoms with van der Waals surface area (Å²) in [7, 11) is 0. The van der Waals surface area contributed by atoms with Crippen molar-refractivity contribution in [3.63, 3.8) is 0 Å². The molecule has 0 radical (unpaired) electrons. The molecule has 0 aliphatic rings. The zero-order valence-corrected chi connectivity index (χ0v) is 8.96. The quantitative estimate of drug-likeness (QED) is 0.681. The molecule has 0 aliphatic carbocycles. The molecule has 0 atom stereocenters. The molecule has 0 fully saturated rings. The highest BCUT2D eigenvalue weighted by Crippen LogP contribution is 2.15. The van der Waals surface area contributed by atoms with Gasteiger partial charge in [-0.05, 0) is 12.1 Å². The van der Waals surface area contributed by atoms with Crippen LogP contribution in [0.2, 0.25) is 0 Å². The smallest absolute Gasteiger partial charge is 0.323 e. The van der Waals surface area contributed by atoms with Crippen molar-refractivity contribution in [2.75, 3.05) is 18.0 Å². The van der Waals surface area contributed by atoms with Gasteiger partial charge in [0.25, 0.3) is 5.91 Å². The van der Waals surface area contributed by atoms with Crippen LogP contribution in [0.4, 0.5) is 5.82 Å². The minimum atomic E-state index is -1.07. The van der Waals surface area contributed by atoms with Crippen molar-refractivity contribution in [2.45, 2.75) is 0 Å². The van der Waals surface area contributed by atoms with Crippen LogP contribution in [-0.2, 0) is 4.79 Å². The Morgan fingerprint density at radius 1 is 1.59 bits per heavy atom. The number of hydrogen-bond donors (Lipinski definition) is 2. The highest BCUT2D eigenvalue weighted by molar-refractivity contribution is 5.98. The lowest BCUT2D eigenvalue weighted by Gasteiger charge is -2.20. The predicted octanol–water partition coefficient (Wildman–Crippen LogP) is -0.295. The Morgan fingerprint density at radius 3 is 2.82 bits per heavy atom. The summed E-state index contributed by atoms with van der Waals surface area (Å²) >= 11 is 0. The summed E-state index contributed by atoms with van der Waals surface area (Å²) in [5, 5.41) is 8.75. The van der Waals surface area contributed by atoms with Crippen molar-refractivity contribution in [2.24, 2.45) is 5.73 Å². The minimum Gasteiger partial charge on any atom is -0.480 e. The maximum Gasteiger partial charge on any atom is 0.323 e. The van der Waals surface area contributed by atoms with E-state index in [2.05, 4.69) is 10.9 Å². The first-order valence-electron chi connectivity index (χ1n) is 4.71. The minimum absolute atomic E-state index is 0.0313. The zero-order chi connectivity index (χ0) is 12.8. The Hall–Kier alpha value is -2.55. The van der Waals surface area contributed by atoms with E-state index in [9.17, 15) is 9.59 Å². The number of terminal acetylenes is 1. The van der Waals surface area contributed by atoms with Crippen LogP contribution in [0, 0.1) is 12.3 Å². The number of carbonyl (C=O) groups is 2. The van der Waals surface area contributed by atoms with E-state index in [0.717, 1.165) is 0 Å². The Bertz CT molecular complexity index is 479. The third kappa shape index (κ3) is 3.21. The van der Waals surface area contributed by atoms with Gasteiger partial charge in [0.15, 0.2) is 0 Å². The van der Waals surface area contributed by atoms with Gasteiger partial charge in [-0.3, -0.25) is 9.59 Å².